The number of hydrogen-bond donors (Lipinski definition) is 0. The van der Waals surface area contributed by atoms with E-state index in [1.54, 1.807) is 0 Å². The van der Waals surface area contributed by atoms with Crippen LogP contribution in [0.1, 0.15) is 33.8 Å². The van der Waals surface area contributed by atoms with Crippen LogP contribution in [0.2, 0.25) is 0 Å². The number of carbonyl (C=O) groups excluding carboxylic acids is 2. The summed E-state index contributed by atoms with van der Waals surface area (Å²) in [7, 11) is 0. The number of benzene rings is 1. The second kappa shape index (κ2) is 5.41. The Morgan fingerprint density at radius 1 is 1.10 bits per heavy atom. The maximum Gasteiger partial charge on any atom is 0.173 e. The summed E-state index contributed by atoms with van der Waals surface area (Å²) in [6.07, 6.45) is 4.71. The van der Waals surface area contributed by atoms with Crippen LogP contribution in [0.25, 0.3) is 5.57 Å². The minimum Gasteiger partial charge on any atom is -0.294 e. The third kappa shape index (κ3) is 2.15. The van der Waals surface area contributed by atoms with E-state index in [0.29, 0.717) is 16.6 Å². The summed E-state index contributed by atoms with van der Waals surface area (Å²) in [6, 6.07) is 5.87. The van der Waals surface area contributed by atoms with Crippen LogP contribution in [0.5, 0.6) is 0 Å². The number of halogens is 2. The molecule has 0 aromatic heterocycles. The minimum atomic E-state index is 0.0957. The van der Waals surface area contributed by atoms with Gasteiger partial charge in [0.05, 0.1) is 10.7 Å². The first-order chi connectivity index (χ1) is 9.65. The summed E-state index contributed by atoms with van der Waals surface area (Å²) in [4.78, 5) is 23.5. The van der Waals surface area contributed by atoms with E-state index in [1.807, 2.05) is 30.4 Å². The van der Waals surface area contributed by atoms with Gasteiger partial charge in [-0.1, -0.05) is 56.1 Å². The molecule has 2 aliphatic carbocycles. The first kappa shape index (κ1) is 14.0. The van der Waals surface area contributed by atoms with E-state index >= 15 is 0 Å². The van der Waals surface area contributed by atoms with Crippen LogP contribution < -0.4 is 0 Å². The van der Waals surface area contributed by atoms with E-state index in [0.717, 1.165) is 23.1 Å². The molecule has 0 amide bonds. The molecule has 0 saturated carbocycles. The third-order valence-electron chi connectivity index (χ3n) is 3.93. The molecule has 0 N–H and O–H groups in total. The van der Waals surface area contributed by atoms with Gasteiger partial charge in [0.15, 0.2) is 11.6 Å². The van der Waals surface area contributed by atoms with Crippen molar-refractivity contribution < 1.29 is 9.59 Å². The van der Waals surface area contributed by atoms with E-state index in [2.05, 4.69) is 31.9 Å². The lowest BCUT2D eigenvalue weighted by Crippen LogP contribution is -2.22. The lowest BCUT2D eigenvalue weighted by molar-refractivity contribution is -0.113. The zero-order chi connectivity index (χ0) is 14.3. The first-order valence-electron chi connectivity index (χ1n) is 6.39. The highest BCUT2D eigenvalue weighted by Crippen LogP contribution is 2.51. The van der Waals surface area contributed by atoms with E-state index in [4.69, 9.17) is 0 Å². The molecule has 0 aliphatic heterocycles. The molecule has 2 aliphatic rings. The van der Waals surface area contributed by atoms with Crippen molar-refractivity contribution in [3.8, 4) is 0 Å². The van der Waals surface area contributed by atoms with Gasteiger partial charge in [0.2, 0.25) is 0 Å². The number of fused-ring (bicyclic) bond motifs is 4. The van der Waals surface area contributed by atoms with Gasteiger partial charge in [-0.05, 0) is 34.8 Å². The Bertz CT molecular complexity index is 671. The largest absolute Gasteiger partial charge is 0.294 e. The van der Waals surface area contributed by atoms with Gasteiger partial charge in [-0.3, -0.25) is 9.59 Å². The molecule has 1 aromatic carbocycles. The third-order valence-corrected chi connectivity index (χ3v) is 4.94. The van der Waals surface area contributed by atoms with Gasteiger partial charge in [0.1, 0.15) is 0 Å². The average Bonchev–Trinajstić information content (AvgIpc) is 2.50. The van der Waals surface area contributed by atoms with Gasteiger partial charge in [-0.15, -0.1) is 0 Å². The molecule has 2 nitrogen and oxygen atoms in total. The fraction of sp³-hybridized carbons (Fsp3) is 0.250. The molecule has 1 aromatic rings. The normalized spacial score (nSPS) is 19.2. The van der Waals surface area contributed by atoms with Crippen molar-refractivity contribution in [1.82, 2.24) is 0 Å². The lowest BCUT2D eigenvalue weighted by atomic mass is 9.67. The Kier molecular flexibility index (Phi) is 3.78. The highest BCUT2D eigenvalue weighted by atomic mass is 79.9. The molecule has 0 heterocycles. The Balaban J connectivity index is 1.94. The van der Waals surface area contributed by atoms with Crippen molar-refractivity contribution in [3.05, 3.63) is 52.6 Å². The van der Waals surface area contributed by atoms with E-state index in [-0.39, 0.29) is 11.6 Å². The van der Waals surface area contributed by atoms with Crippen molar-refractivity contribution in [3.63, 3.8) is 0 Å². The summed E-state index contributed by atoms with van der Waals surface area (Å²) < 4.78 is 0. The molecule has 1 atom stereocenters. The van der Waals surface area contributed by atoms with Crippen LogP contribution in [0, 0.1) is 0 Å². The van der Waals surface area contributed by atoms with Gasteiger partial charge in [0.25, 0.3) is 0 Å². The second-order valence-corrected chi connectivity index (χ2v) is 6.11. The Labute approximate surface area is 134 Å². The quantitative estimate of drug-likeness (QED) is 0.569. The van der Waals surface area contributed by atoms with E-state index in [9.17, 15) is 9.59 Å². The van der Waals surface area contributed by atoms with Crippen molar-refractivity contribution >= 4 is 49.0 Å². The average molecular weight is 396 g/mol. The van der Waals surface area contributed by atoms with Crippen LogP contribution in [-0.2, 0) is 4.79 Å². The van der Waals surface area contributed by atoms with Crippen LogP contribution in [0.15, 0.2) is 35.9 Å². The predicted octanol–water partition coefficient (Wildman–Crippen LogP) is 4.04. The smallest absolute Gasteiger partial charge is 0.173 e. The Morgan fingerprint density at radius 2 is 1.85 bits per heavy atom. The van der Waals surface area contributed by atoms with Crippen molar-refractivity contribution in [2.45, 2.75) is 12.3 Å². The SMILES string of the molecule is O=C(CBr)C1=CC=C2c3cc(C(=O)CBr)ccc3C2C1. The van der Waals surface area contributed by atoms with Crippen molar-refractivity contribution in [2.24, 2.45) is 0 Å². The number of ketones is 2. The summed E-state index contributed by atoms with van der Waals surface area (Å²) in [6.45, 7) is 0. The van der Waals surface area contributed by atoms with Crippen molar-refractivity contribution in [1.29, 1.82) is 0 Å². The maximum atomic E-state index is 11.7. The maximum absolute atomic E-state index is 11.7. The molecule has 4 heteroatoms. The summed E-state index contributed by atoms with van der Waals surface area (Å²) in [5, 5.41) is 0.721. The molecular weight excluding hydrogens is 384 g/mol. The van der Waals surface area contributed by atoms with E-state index in [1.165, 1.54) is 11.1 Å². The molecule has 20 heavy (non-hydrogen) atoms. The topological polar surface area (TPSA) is 34.1 Å². The van der Waals surface area contributed by atoms with Crippen LogP contribution >= 0.6 is 31.9 Å². The molecule has 0 bridgehead atoms. The highest BCUT2D eigenvalue weighted by molar-refractivity contribution is 9.09. The molecule has 3 rings (SSSR count). The number of allylic oxidation sites excluding steroid dienone is 4. The molecule has 1 unspecified atom stereocenters. The van der Waals surface area contributed by atoms with Gasteiger partial charge in [-0.25, -0.2) is 0 Å². The summed E-state index contributed by atoms with van der Waals surface area (Å²) in [5.74, 6) is 0.569. The second-order valence-electron chi connectivity index (χ2n) is 4.99. The number of carbonyl (C=O) groups is 2. The number of rotatable bonds is 4. The zero-order valence-corrected chi connectivity index (χ0v) is 13.8. The molecular formula is C16H12Br2O2. The molecule has 102 valence electrons. The van der Waals surface area contributed by atoms with Gasteiger partial charge in [0, 0.05) is 11.5 Å². The van der Waals surface area contributed by atoms with Gasteiger partial charge in [-0.2, -0.15) is 0 Å². The lowest BCUT2D eigenvalue weighted by Gasteiger charge is -2.36. The van der Waals surface area contributed by atoms with Crippen LogP contribution in [0.3, 0.4) is 0 Å². The number of hydrogen-bond acceptors (Lipinski definition) is 2. The van der Waals surface area contributed by atoms with E-state index < -0.39 is 0 Å². The Morgan fingerprint density at radius 3 is 2.55 bits per heavy atom. The molecule has 0 saturated heterocycles. The summed E-state index contributed by atoms with van der Waals surface area (Å²) in [5.41, 5.74) is 5.27. The Hall–Kier alpha value is -1.00. The van der Waals surface area contributed by atoms with Crippen LogP contribution in [0.4, 0.5) is 0 Å². The fourth-order valence-electron chi connectivity index (χ4n) is 2.84. The number of alkyl halides is 2. The first-order valence-corrected chi connectivity index (χ1v) is 8.63. The van der Waals surface area contributed by atoms with Crippen molar-refractivity contribution in [2.75, 3.05) is 10.7 Å². The van der Waals surface area contributed by atoms with Gasteiger partial charge < -0.3 is 0 Å². The highest BCUT2D eigenvalue weighted by Gasteiger charge is 2.35. The predicted molar refractivity (Wildman–Crippen MR) is 86.8 cm³/mol. The molecule has 0 spiro atoms. The minimum absolute atomic E-state index is 0.0957. The van der Waals surface area contributed by atoms with Gasteiger partial charge >= 0.3 is 0 Å². The number of Topliss-reactive ketones (excluding diaryl/α,β-unsaturated/α-hetero) is 2. The molecule has 0 fully saturated rings. The monoisotopic (exact) mass is 394 g/mol. The standard InChI is InChI=1S/C16H12Br2O2/c17-7-15(19)9-1-3-11-13(5-9)12-4-2-10(6-14(11)12)16(20)8-18/h1-5,14H,6-8H2. The summed E-state index contributed by atoms with van der Waals surface area (Å²) >= 11 is 6.41. The molecule has 0 radical (unpaired) electrons. The zero-order valence-electron chi connectivity index (χ0n) is 10.7. The fourth-order valence-corrected chi connectivity index (χ4v) is 3.52. The van der Waals surface area contributed by atoms with Crippen LogP contribution in [-0.4, -0.2) is 22.2 Å².